The van der Waals surface area contributed by atoms with E-state index in [9.17, 15) is 4.79 Å². The van der Waals surface area contributed by atoms with E-state index in [-0.39, 0.29) is 12.5 Å². The number of ether oxygens (including phenoxy) is 2. The molecule has 0 aliphatic heterocycles. The summed E-state index contributed by atoms with van der Waals surface area (Å²) < 4.78 is 10.9. The molecule has 120 valence electrons. The molecule has 0 aromatic heterocycles. The minimum absolute atomic E-state index is 0.219. The largest absolute Gasteiger partial charge is 0.490 e. The normalized spacial score (nSPS) is 9.46. The van der Waals surface area contributed by atoms with Gasteiger partial charge in [-0.3, -0.25) is 4.79 Å². The molecule has 2 aromatic carbocycles. The first-order valence-corrected chi connectivity index (χ1v) is 7.26. The Morgan fingerprint density at radius 1 is 1.04 bits per heavy atom. The van der Waals surface area contributed by atoms with Crippen LogP contribution in [0.25, 0.3) is 0 Å². The van der Waals surface area contributed by atoms with Crippen LogP contribution in [0.1, 0.15) is 18.1 Å². The molecule has 2 aromatic rings. The molecule has 24 heavy (non-hydrogen) atoms. The molecule has 0 saturated heterocycles. The number of nitrogens with zero attached hydrogens (tertiary/aromatic N) is 2. The number of anilines is 1. The van der Waals surface area contributed by atoms with Crippen LogP contribution in [-0.2, 0) is 4.79 Å². The van der Waals surface area contributed by atoms with Crippen molar-refractivity contribution in [3.8, 4) is 23.6 Å². The molecule has 0 atom stereocenters. The van der Waals surface area contributed by atoms with E-state index in [1.165, 1.54) is 0 Å². The Morgan fingerprint density at radius 3 is 2.50 bits per heavy atom. The van der Waals surface area contributed by atoms with Gasteiger partial charge in [-0.25, -0.2) is 0 Å². The summed E-state index contributed by atoms with van der Waals surface area (Å²) in [5, 5.41) is 20.4. The number of hydrogen-bond acceptors (Lipinski definition) is 5. The number of amides is 1. The van der Waals surface area contributed by atoms with Crippen LogP contribution >= 0.6 is 0 Å². The zero-order valence-electron chi connectivity index (χ0n) is 13.1. The van der Waals surface area contributed by atoms with Crippen LogP contribution in [0, 0.1) is 22.7 Å². The molecule has 1 amide bonds. The standard InChI is InChI=1S/C18H15N3O3/c1-2-23-17-9-14(11-20)6-7-16(17)24-12-18(22)21-15-5-3-4-13(8-15)10-19/h3-9H,2,12H2,1H3,(H,21,22). The number of nitrogens with one attached hydrogen (secondary N) is 1. The van der Waals surface area contributed by atoms with Crippen molar-refractivity contribution in [3.63, 3.8) is 0 Å². The summed E-state index contributed by atoms with van der Waals surface area (Å²) in [6.45, 7) is 2.01. The Kier molecular flexibility index (Phi) is 5.76. The number of benzene rings is 2. The van der Waals surface area contributed by atoms with Gasteiger partial charge in [-0.1, -0.05) is 6.07 Å². The zero-order valence-corrected chi connectivity index (χ0v) is 13.1. The molecule has 0 radical (unpaired) electrons. The highest BCUT2D eigenvalue weighted by molar-refractivity contribution is 5.92. The van der Waals surface area contributed by atoms with E-state index >= 15 is 0 Å². The van der Waals surface area contributed by atoms with E-state index in [4.69, 9.17) is 20.0 Å². The highest BCUT2D eigenvalue weighted by Crippen LogP contribution is 2.28. The molecular weight excluding hydrogens is 306 g/mol. The van der Waals surface area contributed by atoms with Gasteiger partial charge in [0.05, 0.1) is 29.9 Å². The lowest BCUT2D eigenvalue weighted by Crippen LogP contribution is -2.20. The van der Waals surface area contributed by atoms with Gasteiger partial charge in [0.15, 0.2) is 18.1 Å². The molecule has 0 saturated carbocycles. The highest BCUT2D eigenvalue weighted by Gasteiger charge is 2.09. The first kappa shape index (κ1) is 16.9. The van der Waals surface area contributed by atoms with Gasteiger partial charge in [0.2, 0.25) is 0 Å². The van der Waals surface area contributed by atoms with E-state index in [1.807, 2.05) is 19.1 Å². The fourth-order valence-corrected chi connectivity index (χ4v) is 1.97. The summed E-state index contributed by atoms with van der Waals surface area (Å²) in [5.41, 5.74) is 1.43. The molecule has 0 aliphatic rings. The fraction of sp³-hybridized carbons (Fsp3) is 0.167. The van der Waals surface area contributed by atoms with E-state index in [0.29, 0.717) is 34.9 Å². The second kappa shape index (κ2) is 8.21. The van der Waals surface area contributed by atoms with Gasteiger partial charge in [-0.15, -0.1) is 0 Å². The molecular formula is C18H15N3O3. The third kappa shape index (κ3) is 4.49. The summed E-state index contributed by atoms with van der Waals surface area (Å²) in [4.78, 5) is 12.0. The van der Waals surface area contributed by atoms with Gasteiger partial charge in [-0.05, 0) is 37.3 Å². The van der Waals surface area contributed by atoms with Crippen molar-refractivity contribution >= 4 is 11.6 Å². The number of hydrogen-bond donors (Lipinski definition) is 1. The average Bonchev–Trinajstić information content (AvgIpc) is 2.61. The predicted octanol–water partition coefficient (Wildman–Crippen LogP) is 2.85. The summed E-state index contributed by atoms with van der Waals surface area (Å²) in [5.74, 6) is 0.435. The molecule has 0 spiro atoms. The third-order valence-electron chi connectivity index (χ3n) is 3.01. The molecule has 0 aliphatic carbocycles. The summed E-state index contributed by atoms with van der Waals surface area (Å²) in [7, 11) is 0. The lowest BCUT2D eigenvalue weighted by molar-refractivity contribution is -0.118. The molecule has 6 nitrogen and oxygen atoms in total. The fourth-order valence-electron chi connectivity index (χ4n) is 1.97. The lowest BCUT2D eigenvalue weighted by atomic mass is 10.2. The highest BCUT2D eigenvalue weighted by atomic mass is 16.5. The van der Waals surface area contributed by atoms with Gasteiger partial charge in [0.1, 0.15) is 0 Å². The lowest BCUT2D eigenvalue weighted by Gasteiger charge is -2.12. The van der Waals surface area contributed by atoms with E-state index < -0.39 is 0 Å². The molecule has 0 fully saturated rings. The minimum Gasteiger partial charge on any atom is -0.490 e. The number of carbonyl (C=O) groups excluding carboxylic acids is 1. The van der Waals surface area contributed by atoms with Gasteiger partial charge >= 0.3 is 0 Å². The van der Waals surface area contributed by atoms with Crippen molar-refractivity contribution in [2.75, 3.05) is 18.5 Å². The van der Waals surface area contributed by atoms with Gasteiger partial charge in [0.25, 0.3) is 5.91 Å². The Hall–Kier alpha value is -3.51. The van der Waals surface area contributed by atoms with Crippen molar-refractivity contribution in [1.82, 2.24) is 0 Å². The van der Waals surface area contributed by atoms with Crippen LogP contribution in [-0.4, -0.2) is 19.1 Å². The summed E-state index contributed by atoms with van der Waals surface area (Å²) in [6.07, 6.45) is 0. The Labute approximate surface area is 139 Å². The van der Waals surface area contributed by atoms with E-state index in [0.717, 1.165) is 0 Å². The maximum atomic E-state index is 12.0. The van der Waals surface area contributed by atoms with Crippen LogP contribution in [0.4, 0.5) is 5.69 Å². The van der Waals surface area contributed by atoms with E-state index in [1.54, 1.807) is 42.5 Å². The van der Waals surface area contributed by atoms with Gasteiger partial charge in [-0.2, -0.15) is 10.5 Å². The molecule has 0 heterocycles. The van der Waals surface area contributed by atoms with Crippen LogP contribution in [0.2, 0.25) is 0 Å². The van der Waals surface area contributed by atoms with Crippen LogP contribution < -0.4 is 14.8 Å². The van der Waals surface area contributed by atoms with Gasteiger partial charge < -0.3 is 14.8 Å². The van der Waals surface area contributed by atoms with Gasteiger partial charge in [0, 0.05) is 11.8 Å². The van der Waals surface area contributed by atoms with Crippen molar-refractivity contribution in [3.05, 3.63) is 53.6 Å². The van der Waals surface area contributed by atoms with E-state index in [2.05, 4.69) is 5.32 Å². The molecule has 2 rings (SSSR count). The second-order valence-corrected chi connectivity index (χ2v) is 4.74. The second-order valence-electron chi connectivity index (χ2n) is 4.74. The Balaban J connectivity index is 2.01. The average molecular weight is 321 g/mol. The maximum absolute atomic E-state index is 12.0. The van der Waals surface area contributed by atoms with Crippen LogP contribution in [0.15, 0.2) is 42.5 Å². The monoisotopic (exact) mass is 321 g/mol. The number of carbonyl (C=O) groups is 1. The Morgan fingerprint density at radius 2 is 1.79 bits per heavy atom. The third-order valence-corrected chi connectivity index (χ3v) is 3.01. The van der Waals surface area contributed by atoms with Crippen molar-refractivity contribution in [2.24, 2.45) is 0 Å². The van der Waals surface area contributed by atoms with Crippen molar-refractivity contribution in [1.29, 1.82) is 10.5 Å². The first-order chi connectivity index (χ1) is 11.7. The van der Waals surface area contributed by atoms with Crippen LogP contribution in [0.3, 0.4) is 0 Å². The number of nitriles is 2. The molecule has 0 unspecified atom stereocenters. The summed E-state index contributed by atoms with van der Waals surface area (Å²) in [6, 6.07) is 15.4. The minimum atomic E-state index is -0.364. The maximum Gasteiger partial charge on any atom is 0.262 e. The molecule has 0 bridgehead atoms. The quantitative estimate of drug-likeness (QED) is 0.882. The summed E-state index contributed by atoms with van der Waals surface area (Å²) >= 11 is 0. The molecule has 6 heteroatoms. The SMILES string of the molecule is CCOc1cc(C#N)ccc1OCC(=O)Nc1cccc(C#N)c1. The van der Waals surface area contributed by atoms with Crippen molar-refractivity contribution < 1.29 is 14.3 Å². The number of rotatable bonds is 6. The van der Waals surface area contributed by atoms with Crippen LogP contribution in [0.5, 0.6) is 11.5 Å². The molecule has 1 N–H and O–H groups in total. The van der Waals surface area contributed by atoms with Crippen molar-refractivity contribution in [2.45, 2.75) is 6.92 Å². The first-order valence-electron chi connectivity index (χ1n) is 7.26. The smallest absolute Gasteiger partial charge is 0.262 e. The predicted molar refractivity (Wildman–Crippen MR) is 87.6 cm³/mol. The zero-order chi connectivity index (χ0) is 17.4. The topological polar surface area (TPSA) is 95.1 Å². The Bertz CT molecular complexity index is 819.